The smallest absolute Gasteiger partial charge is 0.149 e. The van der Waals surface area contributed by atoms with Gasteiger partial charge in [0.15, 0.2) is 0 Å². The maximum absolute atomic E-state index is 6.05. The average molecular weight is 195 g/mol. The molecule has 0 saturated heterocycles. The Kier molecular flexibility index (Phi) is 2.41. The molecule has 78 valence electrons. The summed E-state index contributed by atoms with van der Waals surface area (Å²) in [5, 5.41) is 11.5. The molecule has 0 saturated carbocycles. The number of aromatic nitrogens is 3. The lowest BCUT2D eigenvalue weighted by Gasteiger charge is -2.19. The van der Waals surface area contributed by atoms with Crippen molar-refractivity contribution < 1.29 is 0 Å². The average Bonchev–Trinajstić information content (AvgIpc) is 2.60. The number of nitrogens with two attached hydrogens (primary N) is 1. The highest BCUT2D eigenvalue weighted by atomic mass is 15.5. The van der Waals surface area contributed by atoms with Gasteiger partial charge in [0.2, 0.25) is 0 Å². The molecule has 2 rings (SSSR count). The van der Waals surface area contributed by atoms with Crippen LogP contribution in [0.4, 0.5) is 5.82 Å². The van der Waals surface area contributed by atoms with E-state index < -0.39 is 0 Å². The Morgan fingerprint density at radius 3 is 3.00 bits per heavy atom. The zero-order valence-electron chi connectivity index (χ0n) is 8.70. The van der Waals surface area contributed by atoms with E-state index in [-0.39, 0.29) is 6.04 Å². The first-order valence-corrected chi connectivity index (χ1v) is 5.13. The van der Waals surface area contributed by atoms with Gasteiger partial charge in [-0.25, -0.2) is 4.68 Å². The van der Waals surface area contributed by atoms with Gasteiger partial charge >= 0.3 is 0 Å². The van der Waals surface area contributed by atoms with Gasteiger partial charge in [-0.15, -0.1) is 5.10 Å². The molecule has 5 nitrogen and oxygen atoms in total. The molecule has 0 spiro atoms. The van der Waals surface area contributed by atoms with Crippen LogP contribution in [0.1, 0.15) is 32.0 Å². The predicted molar refractivity (Wildman–Crippen MR) is 54.9 cm³/mol. The van der Waals surface area contributed by atoms with Crippen LogP contribution < -0.4 is 11.1 Å². The van der Waals surface area contributed by atoms with Gasteiger partial charge in [0, 0.05) is 13.1 Å². The number of nitrogens with zero attached hydrogens (tertiary/aromatic N) is 3. The number of rotatable bonds is 2. The number of hydrogen-bond donors (Lipinski definition) is 2. The van der Waals surface area contributed by atoms with Gasteiger partial charge in [-0.3, -0.25) is 0 Å². The second kappa shape index (κ2) is 3.57. The third kappa shape index (κ3) is 1.48. The highest BCUT2D eigenvalue weighted by Gasteiger charge is 2.22. The molecule has 1 aromatic heterocycles. The highest BCUT2D eigenvalue weighted by molar-refractivity contribution is 5.43. The molecule has 3 N–H and O–H groups in total. The molecule has 1 aliphatic rings. The molecule has 0 amide bonds. The van der Waals surface area contributed by atoms with Crippen LogP contribution in [0.25, 0.3) is 0 Å². The molecule has 5 heteroatoms. The number of fused-ring (bicyclic) bond motifs is 1. The molecule has 1 aromatic rings. The van der Waals surface area contributed by atoms with E-state index in [9.17, 15) is 0 Å². The minimum atomic E-state index is -0.0238. The number of aryl methyl sites for hydroxylation is 1. The second-order valence-corrected chi connectivity index (χ2v) is 4.10. The molecule has 1 atom stereocenters. The molecule has 1 unspecified atom stereocenters. The number of anilines is 1. The lowest BCUT2D eigenvalue weighted by atomic mass is 10.0. The van der Waals surface area contributed by atoms with E-state index in [1.807, 2.05) is 4.68 Å². The Hall–Kier alpha value is -1.10. The minimum absolute atomic E-state index is 0.0238. The summed E-state index contributed by atoms with van der Waals surface area (Å²) >= 11 is 0. The van der Waals surface area contributed by atoms with Crippen LogP contribution in [0.15, 0.2) is 0 Å². The van der Waals surface area contributed by atoms with Crippen molar-refractivity contribution in [1.29, 1.82) is 0 Å². The maximum Gasteiger partial charge on any atom is 0.149 e. The van der Waals surface area contributed by atoms with Crippen molar-refractivity contribution in [3.8, 4) is 0 Å². The normalized spacial score (nSPS) is 17.7. The maximum atomic E-state index is 6.05. The Morgan fingerprint density at radius 2 is 2.29 bits per heavy atom. The van der Waals surface area contributed by atoms with Crippen LogP contribution >= 0.6 is 0 Å². The first kappa shape index (κ1) is 9.45. The van der Waals surface area contributed by atoms with Gasteiger partial charge in [0.05, 0.1) is 6.04 Å². The minimum Gasteiger partial charge on any atom is -0.369 e. The van der Waals surface area contributed by atoms with Crippen molar-refractivity contribution >= 4 is 5.82 Å². The third-order valence-electron chi connectivity index (χ3n) is 2.63. The summed E-state index contributed by atoms with van der Waals surface area (Å²) in [6, 6.07) is -0.0238. The molecule has 14 heavy (non-hydrogen) atoms. The standard InChI is InChI=1S/C9H17N5/c1-6(2)7(10)8-9-11-4-3-5-14(9)13-12-8/h6-7,11H,3-5,10H2,1-2H3. The van der Waals surface area contributed by atoms with Crippen LogP contribution in [-0.4, -0.2) is 21.5 Å². The first-order valence-electron chi connectivity index (χ1n) is 5.13. The lowest BCUT2D eigenvalue weighted by molar-refractivity contribution is 0.503. The predicted octanol–water partition coefficient (Wildman–Crippen LogP) is 0.749. The molecular weight excluding hydrogens is 178 g/mol. The van der Waals surface area contributed by atoms with Crippen LogP contribution in [0.5, 0.6) is 0 Å². The summed E-state index contributed by atoms with van der Waals surface area (Å²) in [5.74, 6) is 1.40. The van der Waals surface area contributed by atoms with E-state index in [0.29, 0.717) is 5.92 Å². The molecule has 0 fully saturated rings. The number of hydrogen-bond acceptors (Lipinski definition) is 4. The summed E-state index contributed by atoms with van der Waals surface area (Å²) in [7, 11) is 0. The van der Waals surface area contributed by atoms with Crippen molar-refractivity contribution in [3.63, 3.8) is 0 Å². The van der Waals surface area contributed by atoms with Crippen LogP contribution in [0, 0.1) is 5.92 Å². The Morgan fingerprint density at radius 1 is 1.50 bits per heavy atom. The van der Waals surface area contributed by atoms with Crippen molar-refractivity contribution in [1.82, 2.24) is 15.0 Å². The van der Waals surface area contributed by atoms with Gasteiger partial charge in [0.1, 0.15) is 11.5 Å². The van der Waals surface area contributed by atoms with Gasteiger partial charge in [-0.2, -0.15) is 0 Å². The van der Waals surface area contributed by atoms with Crippen LogP contribution in [0.2, 0.25) is 0 Å². The summed E-state index contributed by atoms with van der Waals surface area (Å²) in [6.45, 7) is 6.13. The molecule has 0 radical (unpaired) electrons. The molecular formula is C9H17N5. The van der Waals surface area contributed by atoms with E-state index in [0.717, 1.165) is 31.0 Å². The zero-order valence-corrected chi connectivity index (χ0v) is 8.70. The van der Waals surface area contributed by atoms with E-state index >= 15 is 0 Å². The Bertz CT molecular complexity index is 317. The quantitative estimate of drug-likeness (QED) is 0.730. The second-order valence-electron chi connectivity index (χ2n) is 4.10. The van der Waals surface area contributed by atoms with Crippen molar-refractivity contribution in [2.75, 3.05) is 11.9 Å². The molecule has 2 heterocycles. The summed E-state index contributed by atoms with van der Waals surface area (Å²) in [4.78, 5) is 0. The fourth-order valence-electron chi connectivity index (χ4n) is 1.64. The molecule has 1 aliphatic heterocycles. The fourth-order valence-corrected chi connectivity index (χ4v) is 1.64. The monoisotopic (exact) mass is 195 g/mol. The largest absolute Gasteiger partial charge is 0.369 e. The topological polar surface area (TPSA) is 68.8 Å². The van der Waals surface area contributed by atoms with Gasteiger partial charge in [-0.1, -0.05) is 19.1 Å². The van der Waals surface area contributed by atoms with Crippen LogP contribution in [-0.2, 0) is 6.54 Å². The zero-order chi connectivity index (χ0) is 10.1. The SMILES string of the molecule is CC(C)C(N)c1nnn2c1NCCC2. The summed E-state index contributed by atoms with van der Waals surface area (Å²) < 4.78 is 1.90. The Labute approximate surface area is 83.7 Å². The van der Waals surface area contributed by atoms with Crippen molar-refractivity contribution in [2.45, 2.75) is 32.9 Å². The van der Waals surface area contributed by atoms with E-state index in [2.05, 4.69) is 29.5 Å². The van der Waals surface area contributed by atoms with Gasteiger partial charge in [0.25, 0.3) is 0 Å². The first-order chi connectivity index (χ1) is 6.70. The summed E-state index contributed by atoms with van der Waals surface area (Å²) in [5.41, 5.74) is 6.95. The summed E-state index contributed by atoms with van der Waals surface area (Å²) in [6.07, 6.45) is 1.10. The van der Waals surface area contributed by atoms with E-state index in [4.69, 9.17) is 5.73 Å². The van der Waals surface area contributed by atoms with E-state index in [1.165, 1.54) is 0 Å². The van der Waals surface area contributed by atoms with Crippen LogP contribution in [0.3, 0.4) is 0 Å². The molecule has 0 aromatic carbocycles. The van der Waals surface area contributed by atoms with Crippen molar-refractivity contribution in [2.24, 2.45) is 11.7 Å². The van der Waals surface area contributed by atoms with Crippen molar-refractivity contribution in [3.05, 3.63) is 5.69 Å². The van der Waals surface area contributed by atoms with E-state index in [1.54, 1.807) is 0 Å². The lowest BCUT2D eigenvalue weighted by Crippen LogP contribution is -2.22. The molecule has 0 aliphatic carbocycles. The van der Waals surface area contributed by atoms with Gasteiger partial charge in [-0.05, 0) is 12.3 Å². The molecule has 0 bridgehead atoms. The Balaban J connectivity index is 2.30. The highest BCUT2D eigenvalue weighted by Crippen LogP contribution is 2.25. The number of nitrogens with one attached hydrogen (secondary N) is 1. The fraction of sp³-hybridized carbons (Fsp3) is 0.778. The third-order valence-corrected chi connectivity index (χ3v) is 2.63. The van der Waals surface area contributed by atoms with Gasteiger partial charge < -0.3 is 11.1 Å².